The molecule has 2 fully saturated rings. The molecule has 1 N–H and O–H groups in total. The summed E-state index contributed by atoms with van der Waals surface area (Å²) in [6, 6.07) is 10.4. The van der Waals surface area contributed by atoms with Crippen LogP contribution < -0.4 is 10.1 Å². The van der Waals surface area contributed by atoms with Crippen LogP contribution in [-0.4, -0.2) is 47.2 Å². The normalized spacial score (nSPS) is 18.8. The fourth-order valence-electron chi connectivity index (χ4n) is 3.52. The number of aromatic nitrogens is 2. The molecule has 2 heterocycles. The van der Waals surface area contributed by atoms with Crippen LogP contribution in [0.5, 0.6) is 5.75 Å². The van der Waals surface area contributed by atoms with Gasteiger partial charge in [-0.05, 0) is 43.4 Å². The van der Waals surface area contributed by atoms with Crippen molar-refractivity contribution in [2.75, 3.05) is 20.2 Å². The zero-order valence-electron chi connectivity index (χ0n) is 15.2. The molecule has 1 aromatic carbocycles. The van der Waals surface area contributed by atoms with E-state index in [9.17, 15) is 4.79 Å². The molecular weight excluding hydrogens is 328 g/mol. The predicted molar refractivity (Wildman–Crippen MR) is 98.2 cm³/mol. The maximum atomic E-state index is 12.4. The lowest BCUT2D eigenvalue weighted by Crippen LogP contribution is -2.59. The Labute approximate surface area is 153 Å². The van der Waals surface area contributed by atoms with E-state index in [1.165, 1.54) is 18.4 Å². The average molecular weight is 352 g/mol. The molecule has 4 rings (SSSR count). The van der Waals surface area contributed by atoms with Gasteiger partial charge in [-0.2, -0.15) is 5.10 Å². The van der Waals surface area contributed by atoms with E-state index in [2.05, 4.69) is 33.4 Å². The first-order chi connectivity index (χ1) is 12.7. The fraction of sp³-hybridized carbons (Fsp3) is 0.450. The van der Waals surface area contributed by atoms with E-state index in [-0.39, 0.29) is 18.0 Å². The van der Waals surface area contributed by atoms with Gasteiger partial charge in [-0.1, -0.05) is 18.2 Å². The minimum Gasteiger partial charge on any atom is -0.496 e. The zero-order chi connectivity index (χ0) is 18.1. The van der Waals surface area contributed by atoms with Crippen molar-refractivity contribution >= 4 is 5.91 Å². The van der Waals surface area contributed by atoms with Gasteiger partial charge in [0.2, 0.25) is 0 Å². The molecule has 1 atom stereocenters. The Kier molecular flexibility index (Phi) is 4.59. The number of hydrogen-bond donors (Lipinski definition) is 1. The second-order valence-corrected chi connectivity index (χ2v) is 7.19. The lowest BCUT2D eigenvalue weighted by atomic mass is 9.99. The van der Waals surface area contributed by atoms with Gasteiger partial charge < -0.3 is 10.1 Å². The van der Waals surface area contributed by atoms with Crippen molar-refractivity contribution in [3.05, 3.63) is 53.3 Å². The van der Waals surface area contributed by atoms with Crippen LogP contribution in [0.4, 0.5) is 0 Å². The van der Waals surface area contributed by atoms with Gasteiger partial charge in [0.1, 0.15) is 5.75 Å². The second kappa shape index (κ2) is 7.03. The number of carbonyl (C=O) groups is 1. The molecule has 136 valence electrons. The predicted octanol–water partition coefficient (Wildman–Crippen LogP) is 2.54. The molecule has 1 saturated carbocycles. The molecule has 1 aromatic heterocycles. The molecule has 1 aliphatic heterocycles. The molecule has 1 saturated heterocycles. The van der Waals surface area contributed by atoms with Gasteiger partial charge in [-0.15, -0.1) is 5.10 Å². The highest BCUT2D eigenvalue weighted by molar-refractivity contribution is 5.92. The highest BCUT2D eigenvalue weighted by Gasteiger charge is 2.33. The zero-order valence-corrected chi connectivity index (χ0v) is 15.2. The first-order valence-corrected chi connectivity index (χ1v) is 9.16. The summed E-state index contributed by atoms with van der Waals surface area (Å²) in [5.74, 6) is 1.34. The van der Waals surface area contributed by atoms with E-state index in [0.717, 1.165) is 24.4 Å². The number of nitrogens with one attached hydrogen (secondary N) is 1. The summed E-state index contributed by atoms with van der Waals surface area (Å²) in [5.41, 5.74) is 2.72. The van der Waals surface area contributed by atoms with Crippen LogP contribution in [0.25, 0.3) is 0 Å². The molecule has 6 heteroatoms. The quantitative estimate of drug-likeness (QED) is 0.865. The minimum atomic E-state index is -0.130. The summed E-state index contributed by atoms with van der Waals surface area (Å²) in [6.45, 7) is 3.81. The number of likely N-dealkylation sites (tertiary alicyclic amines) is 1. The molecular formula is C20H24N4O2. The average Bonchev–Trinajstić information content (AvgIpc) is 3.49. The Balaban J connectivity index is 1.33. The van der Waals surface area contributed by atoms with Gasteiger partial charge in [-0.25, -0.2) is 0 Å². The van der Waals surface area contributed by atoms with Crippen molar-refractivity contribution in [1.29, 1.82) is 0 Å². The maximum absolute atomic E-state index is 12.4. The van der Waals surface area contributed by atoms with Gasteiger partial charge in [0.25, 0.3) is 5.91 Å². The van der Waals surface area contributed by atoms with Crippen molar-refractivity contribution in [2.24, 2.45) is 0 Å². The van der Waals surface area contributed by atoms with Crippen LogP contribution in [0.3, 0.4) is 0 Å². The lowest BCUT2D eigenvalue weighted by Gasteiger charge is -2.43. The highest BCUT2D eigenvalue weighted by atomic mass is 16.5. The lowest BCUT2D eigenvalue weighted by molar-refractivity contribution is 0.0665. The van der Waals surface area contributed by atoms with Crippen molar-refractivity contribution in [1.82, 2.24) is 20.4 Å². The number of para-hydroxylation sites is 1. The van der Waals surface area contributed by atoms with E-state index in [0.29, 0.717) is 11.6 Å². The van der Waals surface area contributed by atoms with Crippen molar-refractivity contribution in [3.8, 4) is 5.75 Å². The van der Waals surface area contributed by atoms with Crippen LogP contribution in [0.1, 0.15) is 53.3 Å². The third-order valence-corrected chi connectivity index (χ3v) is 5.34. The largest absolute Gasteiger partial charge is 0.496 e. The third kappa shape index (κ3) is 3.42. The second-order valence-electron chi connectivity index (χ2n) is 7.19. The molecule has 0 spiro atoms. The Morgan fingerprint density at radius 1 is 1.31 bits per heavy atom. The smallest absolute Gasteiger partial charge is 0.272 e. The van der Waals surface area contributed by atoms with Gasteiger partial charge in [0.05, 0.1) is 19.3 Å². The number of methoxy groups -OCH3 is 1. The minimum absolute atomic E-state index is 0.130. The first kappa shape index (κ1) is 17.0. The maximum Gasteiger partial charge on any atom is 0.272 e. The number of ether oxygens (including phenoxy) is 1. The number of hydrogen-bond acceptors (Lipinski definition) is 5. The number of rotatable bonds is 6. The van der Waals surface area contributed by atoms with Gasteiger partial charge >= 0.3 is 0 Å². The van der Waals surface area contributed by atoms with Crippen LogP contribution in [0, 0.1) is 0 Å². The van der Waals surface area contributed by atoms with Crippen LogP contribution >= 0.6 is 0 Å². The van der Waals surface area contributed by atoms with E-state index < -0.39 is 0 Å². The number of amides is 1. The van der Waals surface area contributed by atoms with Crippen molar-refractivity contribution in [3.63, 3.8) is 0 Å². The highest BCUT2D eigenvalue weighted by Crippen LogP contribution is 2.39. The molecule has 2 aromatic rings. The summed E-state index contributed by atoms with van der Waals surface area (Å²) >= 11 is 0. The topological polar surface area (TPSA) is 67.3 Å². The summed E-state index contributed by atoms with van der Waals surface area (Å²) in [7, 11) is 1.70. The van der Waals surface area contributed by atoms with Gasteiger partial charge in [0.15, 0.2) is 5.69 Å². The molecule has 0 radical (unpaired) electrons. The molecule has 2 aliphatic rings. The molecule has 26 heavy (non-hydrogen) atoms. The monoisotopic (exact) mass is 352 g/mol. The Morgan fingerprint density at radius 2 is 2.08 bits per heavy atom. The molecule has 1 aliphatic carbocycles. The Bertz CT molecular complexity index is 800. The van der Waals surface area contributed by atoms with Crippen molar-refractivity contribution < 1.29 is 9.53 Å². The Hall–Kier alpha value is -2.47. The van der Waals surface area contributed by atoms with Crippen LogP contribution in [-0.2, 0) is 0 Å². The molecule has 6 nitrogen and oxygen atoms in total. The van der Waals surface area contributed by atoms with Gasteiger partial charge in [0, 0.05) is 24.7 Å². The third-order valence-electron chi connectivity index (χ3n) is 5.34. The van der Waals surface area contributed by atoms with Crippen molar-refractivity contribution in [2.45, 2.75) is 37.8 Å². The summed E-state index contributed by atoms with van der Waals surface area (Å²) in [4.78, 5) is 14.8. The van der Waals surface area contributed by atoms with E-state index in [4.69, 9.17) is 4.74 Å². The fourth-order valence-corrected chi connectivity index (χ4v) is 3.52. The van der Waals surface area contributed by atoms with Gasteiger partial charge in [-0.3, -0.25) is 9.69 Å². The van der Waals surface area contributed by atoms with Crippen LogP contribution in [0.15, 0.2) is 36.5 Å². The van der Waals surface area contributed by atoms with Crippen LogP contribution in [0.2, 0.25) is 0 Å². The SMILES string of the molecule is COc1ccccc1[C@@H](C)N1CC(NC(=O)c2cc(C3CC3)cnn2)C1. The van der Waals surface area contributed by atoms with E-state index >= 15 is 0 Å². The molecule has 0 bridgehead atoms. The summed E-state index contributed by atoms with van der Waals surface area (Å²) in [6.07, 6.45) is 4.14. The summed E-state index contributed by atoms with van der Waals surface area (Å²) < 4.78 is 5.46. The first-order valence-electron chi connectivity index (χ1n) is 9.16. The number of carbonyl (C=O) groups excluding carboxylic acids is 1. The summed E-state index contributed by atoms with van der Waals surface area (Å²) in [5, 5.41) is 11.0. The molecule has 0 unspecified atom stereocenters. The number of benzene rings is 1. The molecule has 1 amide bonds. The Morgan fingerprint density at radius 3 is 2.81 bits per heavy atom. The number of nitrogens with zero attached hydrogens (tertiary/aromatic N) is 3. The standard InChI is InChI=1S/C20H24N4O2/c1-13(17-5-3-4-6-19(17)26-2)24-11-16(12-24)22-20(25)18-9-15(10-21-23-18)14-7-8-14/h3-6,9-10,13-14,16H,7-8,11-12H2,1-2H3,(H,22,25)/t13-/m1/s1. The van der Waals surface area contributed by atoms with E-state index in [1.807, 2.05) is 24.3 Å². The van der Waals surface area contributed by atoms with E-state index in [1.54, 1.807) is 13.3 Å².